The van der Waals surface area contributed by atoms with Crippen molar-refractivity contribution in [3.05, 3.63) is 52.5 Å². The zero-order valence-electron chi connectivity index (χ0n) is 10.4. The summed E-state index contributed by atoms with van der Waals surface area (Å²) in [5.74, 6) is -0.385. The fourth-order valence-corrected chi connectivity index (χ4v) is 1.98. The monoisotopic (exact) mass is 356 g/mol. The van der Waals surface area contributed by atoms with Crippen molar-refractivity contribution < 1.29 is 17.9 Å². The Morgan fingerprint density at radius 3 is 2.48 bits per heavy atom. The molecule has 0 aromatic heterocycles. The Morgan fingerprint density at radius 1 is 1.10 bits per heavy atom. The molecule has 0 aliphatic rings. The fraction of sp³-hybridized carbons (Fsp3) is 0.0714. The maximum absolute atomic E-state index is 12.4. The molecule has 0 atom stereocenters. The molecule has 0 fully saturated rings. The first-order valence-corrected chi connectivity index (χ1v) is 6.50. The van der Waals surface area contributed by atoms with E-state index in [1.807, 2.05) is 6.07 Å². The Bertz CT molecular complexity index is 695. The summed E-state index contributed by atoms with van der Waals surface area (Å²) in [5.41, 5.74) is 0.825. The molecule has 2 aromatic carbocycles. The highest BCUT2D eigenvalue weighted by atomic mass is 79.9. The Morgan fingerprint density at radius 2 is 1.81 bits per heavy atom. The number of benzene rings is 2. The summed E-state index contributed by atoms with van der Waals surface area (Å²) in [6.45, 7) is 0. The minimum Gasteiger partial charge on any atom is -0.404 e. The first-order chi connectivity index (χ1) is 9.89. The van der Waals surface area contributed by atoms with Gasteiger partial charge in [0, 0.05) is 4.47 Å². The number of hydrogen-bond acceptors (Lipinski definition) is 3. The molecule has 0 unspecified atom stereocenters. The highest BCUT2D eigenvalue weighted by Gasteiger charge is 2.32. The van der Waals surface area contributed by atoms with E-state index in [1.165, 1.54) is 12.1 Å². The van der Waals surface area contributed by atoms with Crippen molar-refractivity contribution in [2.45, 2.75) is 6.36 Å². The smallest absolute Gasteiger partial charge is 0.404 e. The molecule has 0 amide bonds. The summed E-state index contributed by atoms with van der Waals surface area (Å²) in [4.78, 5) is 0. The van der Waals surface area contributed by atoms with E-state index < -0.39 is 6.36 Å². The number of nitriles is 1. The van der Waals surface area contributed by atoms with Gasteiger partial charge in [-0.2, -0.15) is 5.26 Å². The molecule has 0 aliphatic carbocycles. The number of hydrogen-bond donors (Lipinski definition) is 1. The lowest BCUT2D eigenvalue weighted by atomic mass is 10.2. The van der Waals surface area contributed by atoms with Gasteiger partial charge in [-0.1, -0.05) is 28.1 Å². The van der Waals surface area contributed by atoms with E-state index in [0.717, 1.165) is 0 Å². The first kappa shape index (κ1) is 15.2. The third-order valence-electron chi connectivity index (χ3n) is 2.49. The van der Waals surface area contributed by atoms with Crippen LogP contribution in [0.5, 0.6) is 5.75 Å². The van der Waals surface area contributed by atoms with Gasteiger partial charge in [-0.3, -0.25) is 0 Å². The summed E-state index contributed by atoms with van der Waals surface area (Å²) in [6, 6.07) is 12.7. The minimum absolute atomic E-state index is 0.109. The van der Waals surface area contributed by atoms with E-state index in [-0.39, 0.29) is 11.4 Å². The van der Waals surface area contributed by atoms with E-state index in [4.69, 9.17) is 5.26 Å². The summed E-state index contributed by atoms with van der Waals surface area (Å²) >= 11 is 3.09. The summed E-state index contributed by atoms with van der Waals surface area (Å²) < 4.78 is 41.7. The van der Waals surface area contributed by atoms with E-state index in [0.29, 0.717) is 15.7 Å². The van der Waals surface area contributed by atoms with E-state index in [2.05, 4.69) is 26.0 Å². The van der Waals surface area contributed by atoms with Crippen LogP contribution in [0.1, 0.15) is 5.56 Å². The number of nitrogens with one attached hydrogen (secondary N) is 1. The molecule has 3 nitrogen and oxygen atoms in total. The molecule has 7 heteroatoms. The van der Waals surface area contributed by atoms with Crippen molar-refractivity contribution in [1.29, 1.82) is 5.26 Å². The molecule has 108 valence electrons. The number of para-hydroxylation sites is 1. The normalized spacial score (nSPS) is 10.8. The fourth-order valence-electron chi connectivity index (χ4n) is 1.64. The number of ether oxygens (including phenoxy) is 1. The van der Waals surface area contributed by atoms with Gasteiger partial charge in [0.25, 0.3) is 0 Å². The molecular formula is C14H8BrF3N2O. The van der Waals surface area contributed by atoms with Gasteiger partial charge in [0.1, 0.15) is 6.07 Å². The second kappa shape index (κ2) is 6.06. The molecule has 0 radical (unpaired) electrons. The Labute approximate surface area is 127 Å². The average molecular weight is 357 g/mol. The lowest BCUT2D eigenvalue weighted by Gasteiger charge is -2.15. The second-order valence-corrected chi connectivity index (χ2v) is 4.89. The van der Waals surface area contributed by atoms with Crippen LogP contribution in [0.15, 0.2) is 46.9 Å². The lowest BCUT2D eigenvalue weighted by Crippen LogP contribution is -2.18. The highest BCUT2D eigenvalue weighted by molar-refractivity contribution is 9.10. The van der Waals surface area contributed by atoms with Crippen LogP contribution in [-0.2, 0) is 0 Å². The van der Waals surface area contributed by atoms with Gasteiger partial charge in [0.2, 0.25) is 0 Å². The van der Waals surface area contributed by atoms with Gasteiger partial charge < -0.3 is 10.1 Å². The Balaban J connectivity index is 2.38. The van der Waals surface area contributed by atoms with Crippen LogP contribution < -0.4 is 10.1 Å². The molecule has 2 aromatic rings. The summed E-state index contributed by atoms with van der Waals surface area (Å²) in [6.07, 6.45) is -4.80. The van der Waals surface area contributed by atoms with Crippen molar-refractivity contribution in [3.63, 3.8) is 0 Å². The van der Waals surface area contributed by atoms with Crippen molar-refractivity contribution in [2.75, 3.05) is 5.32 Å². The maximum Gasteiger partial charge on any atom is 0.573 e. The minimum atomic E-state index is -4.80. The third kappa shape index (κ3) is 4.13. The highest BCUT2D eigenvalue weighted by Crippen LogP contribution is 2.35. The van der Waals surface area contributed by atoms with Crippen LogP contribution in [0, 0.1) is 11.3 Å². The Kier molecular flexibility index (Phi) is 4.38. The number of rotatable bonds is 3. The molecule has 0 saturated heterocycles. The molecule has 21 heavy (non-hydrogen) atoms. The summed E-state index contributed by atoms with van der Waals surface area (Å²) in [7, 11) is 0. The maximum atomic E-state index is 12.4. The van der Waals surface area contributed by atoms with Crippen LogP contribution in [0.4, 0.5) is 24.5 Å². The van der Waals surface area contributed by atoms with Crippen molar-refractivity contribution >= 4 is 27.3 Å². The van der Waals surface area contributed by atoms with Crippen molar-refractivity contribution in [1.82, 2.24) is 0 Å². The topological polar surface area (TPSA) is 45.0 Å². The quantitative estimate of drug-likeness (QED) is 0.844. The van der Waals surface area contributed by atoms with Crippen LogP contribution in [0.3, 0.4) is 0 Å². The van der Waals surface area contributed by atoms with E-state index >= 15 is 0 Å². The summed E-state index contributed by atoms with van der Waals surface area (Å²) in [5, 5.41) is 11.8. The predicted octanol–water partition coefficient (Wildman–Crippen LogP) is 4.96. The standard InChI is InChI=1S/C14H8BrF3N2O/c15-10-5-6-12(13(7-10)21-14(16,17)18)20-11-4-2-1-3-9(11)8-19/h1-7,20H. The zero-order chi connectivity index (χ0) is 15.5. The van der Waals surface area contributed by atoms with Gasteiger partial charge in [-0.05, 0) is 30.3 Å². The van der Waals surface area contributed by atoms with E-state index in [9.17, 15) is 13.2 Å². The van der Waals surface area contributed by atoms with Crippen LogP contribution in [-0.4, -0.2) is 6.36 Å². The number of nitrogens with zero attached hydrogens (tertiary/aromatic N) is 1. The SMILES string of the molecule is N#Cc1ccccc1Nc1ccc(Br)cc1OC(F)(F)F. The third-order valence-corrected chi connectivity index (χ3v) is 2.98. The molecule has 0 spiro atoms. The number of alkyl halides is 3. The molecular weight excluding hydrogens is 349 g/mol. The van der Waals surface area contributed by atoms with E-state index in [1.54, 1.807) is 30.3 Å². The van der Waals surface area contributed by atoms with Crippen molar-refractivity contribution in [2.24, 2.45) is 0 Å². The molecule has 2 rings (SSSR count). The molecule has 1 N–H and O–H groups in total. The molecule has 0 heterocycles. The van der Waals surface area contributed by atoms with Crippen molar-refractivity contribution in [3.8, 4) is 11.8 Å². The van der Waals surface area contributed by atoms with Gasteiger partial charge in [0.15, 0.2) is 5.75 Å². The Hall–Kier alpha value is -2.20. The molecule has 0 aliphatic heterocycles. The predicted molar refractivity (Wildman–Crippen MR) is 75.3 cm³/mol. The lowest BCUT2D eigenvalue weighted by molar-refractivity contribution is -0.274. The average Bonchev–Trinajstić information content (AvgIpc) is 2.40. The molecule has 0 bridgehead atoms. The van der Waals surface area contributed by atoms with Crippen LogP contribution in [0.25, 0.3) is 0 Å². The first-order valence-electron chi connectivity index (χ1n) is 5.70. The van der Waals surface area contributed by atoms with Crippen LogP contribution >= 0.6 is 15.9 Å². The van der Waals surface area contributed by atoms with Gasteiger partial charge in [-0.25, -0.2) is 0 Å². The van der Waals surface area contributed by atoms with Crippen LogP contribution in [0.2, 0.25) is 0 Å². The number of halogens is 4. The largest absolute Gasteiger partial charge is 0.573 e. The van der Waals surface area contributed by atoms with Gasteiger partial charge >= 0.3 is 6.36 Å². The molecule has 0 saturated carbocycles. The van der Waals surface area contributed by atoms with Gasteiger partial charge in [-0.15, -0.1) is 13.2 Å². The van der Waals surface area contributed by atoms with Gasteiger partial charge in [0.05, 0.1) is 16.9 Å². The second-order valence-electron chi connectivity index (χ2n) is 3.97. The number of anilines is 2. The zero-order valence-corrected chi connectivity index (χ0v) is 12.0.